The van der Waals surface area contributed by atoms with Crippen molar-refractivity contribution in [2.75, 3.05) is 32.5 Å². The third kappa shape index (κ3) is 7.38. The van der Waals surface area contributed by atoms with Gasteiger partial charge >= 0.3 is 6.09 Å². The number of rotatable bonds is 8. The van der Waals surface area contributed by atoms with Crippen LogP contribution in [0.2, 0.25) is 0 Å². The first-order valence-electron chi connectivity index (χ1n) is 18.3. The summed E-state index contributed by atoms with van der Waals surface area (Å²) in [5.74, 6) is 1.37. The normalized spacial score (nSPS) is 18.1. The fourth-order valence-corrected chi connectivity index (χ4v) is 7.32. The fraction of sp³-hybridized carbons (Fsp3) is 0.357. The Bertz CT molecular complexity index is 2220. The van der Waals surface area contributed by atoms with Crippen LogP contribution in [0, 0.1) is 6.92 Å². The van der Waals surface area contributed by atoms with Gasteiger partial charge in [0, 0.05) is 29.9 Å². The van der Waals surface area contributed by atoms with E-state index in [0.29, 0.717) is 54.7 Å². The van der Waals surface area contributed by atoms with Gasteiger partial charge in [-0.05, 0) is 108 Å². The number of likely N-dealkylation sites (tertiary alicyclic amines) is 2. The second kappa shape index (κ2) is 14.6. The average Bonchev–Trinajstić information content (AvgIpc) is 3.94. The van der Waals surface area contributed by atoms with Gasteiger partial charge in [0.25, 0.3) is 0 Å². The molecule has 0 spiro atoms. The number of aryl methyl sites for hydroxylation is 1. The number of ether oxygens (including phenoxy) is 1. The monoisotopic (exact) mass is 729 g/mol. The Morgan fingerprint density at radius 2 is 1.78 bits per heavy atom. The molecule has 2 fully saturated rings. The average molecular weight is 730 g/mol. The predicted molar refractivity (Wildman–Crippen MR) is 207 cm³/mol. The number of fused-ring (bicyclic) bond motifs is 1. The summed E-state index contributed by atoms with van der Waals surface area (Å²) >= 11 is 0. The lowest BCUT2D eigenvalue weighted by atomic mass is 10.0. The molecule has 0 saturated carbocycles. The number of likely N-dealkylation sites (N-methyl/N-ethyl adjacent to an activating group) is 1. The number of aromatic amines is 1. The van der Waals surface area contributed by atoms with Gasteiger partial charge in [-0.2, -0.15) is 0 Å². The van der Waals surface area contributed by atoms with Crippen molar-refractivity contribution in [3.8, 4) is 22.8 Å². The van der Waals surface area contributed by atoms with E-state index in [-0.39, 0.29) is 17.9 Å². The number of nitrogens with one attached hydrogen (secondary N) is 2. The summed E-state index contributed by atoms with van der Waals surface area (Å²) < 4.78 is 11.8. The van der Waals surface area contributed by atoms with Crippen molar-refractivity contribution in [3.63, 3.8) is 0 Å². The Balaban J connectivity index is 1.09. The van der Waals surface area contributed by atoms with Crippen LogP contribution in [0.15, 0.2) is 89.5 Å². The molecule has 4 heterocycles. The van der Waals surface area contributed by atoms with Crippen LogP contribution in [-0.4, -0.2) is 86.4 Å². The number of benzene rings is 3. The number of H-pyrrole nitrogens is 1. The summed E-state index contributed by atoms with van der Waals surface area (Å²) in [7, 11) is 3.84. The minimum atomic E-state index is -0.652. The number of carbonyl (C=O) groups is 3. The molecule has 5 aromatic rings. The molecule has 2 saturated heterocycles. The number of imidazole rings is 1. The zero-order valence-corrected chi connectivity index (χ0v) is 31.7. The zero-order valence-electron chi connectivity index (χ0n) is 31.7. The Morgan fingerprint density at radius 1 is 1.02 bits per heavy atom. The van der Waals surface area contributed by atoms with Crippen LogP contribution >= 0.6 is 0 Å². The molecule has 2 N–H and O–H groups in total. The minimum absolute atomic E-state index is 0.00493. The first kappa shape index (κ1) is 36.6. The molecule has 2 aromatic heterocycles. The first-order chi connectivity index (χ1) is 25.8. The number of hydrogen-bond acceptors (Lipinski definition) is 8. The SMILES string of the molecule is C=C1CCN(C(=O)C(c2ccccc2)N(C)C)C1c1nc2ccc(-c3cnc(-c4ccc(C)c(NC(=O)C5CCCN5C(=O)OC(C)(C)C)c4)o3)cc2[nH]1. The molecule has 0 bridgehead atoms. The third-order valence-electron chi connectivity index (χ3n) is 10.00. The maximum absolute atomic E-state index is 14.1. The van der Waals surface area contributed by atoms with Crippen LogP contribution in [0.5, 0.6) is 0 Å². The van der Waals surface area contributed by atoms with Gasteiger partial charge in [-0.25, -0.2) is 14.8 Å². The Labute approximate surface area is 315 Å². The standard InChI is InChI=1S/C42H47N7O5/c1-25-15-16-29(23-31(25)46-38(50)33-14-11-20-48(33)41(52)54-42(3,4)5)39-43-24-34(53-39)28-17-18-30-32(22-28)45-37(44-30)35-26(2)19-21-49(35)40(51)36(47(6)7)27-12-9-8-10-13-27/h8-10,12-13,15-18,22-24,33,35-36H,2,11,14,19-21H2,1,3-7H3,(H,44,45)(H,46,50). The van der Waals surface area contributed by atoms with E-state index in [2.05, 4.69) is 21.9 Å². The van der Waals surface area contributed by atoms with Crippen molar-refractivity contribution in [2.45, 2.75) is 70.7 Å². The molecule has 2 aliphatic rings. The van der Waals surface area contributed by atoms with Gasteiger partial charge in [0.1, 0.15) is 29.6 Å². The number of anilines is 1. The van der Waals surface area contributed by atoms with Crippen molar-refractivity contribution in [1.82, 2.24) is 29.7 Å². The van der Waals surface area contributed by atoms with Crippen LogP contribution in [0.4, 0.5) is 10.5 Å². The summed E-state index contributed by atoms with van der Waals surface area (Å²) in [6, 6.07) is 19.8. The number of nitrogens with zero attached hydrogens (tertiary/aromatic N) is 5. The number of amides is 3. The molecule has 7 rings (SSSR count). The fourth-order valence-electron chi connectivity index (χ4n) is 7.32. The van der Waals surface area contributed by atoms with E-state index >= 15 is 0 Å². The second-order valence-electron chi connectivity index (χ2n) is 15.4. The quantitative estimate of drug-likeness (QED) is 0.155. The van der Waals surface area contributed by atoms with Gasteiger partial charge in [-0.3, -0.25) is 19.4 Å². The highest BCUT2D eigenvalue weighted by molar-refractivity contribution is 5.98. The van der Waals surface area contributed by atoms with E-state index in [4.69, 9.17) is 14.1 Å². The molecule has 280 valence electrons. The second-order valence-corrected chi connectivity index (χ2v) is 15.4. The van der Waals surface area contributed by atoms with Gasteiger partial charge < -0.3 is 24.4 Å². The molecule has 12 nitrogen and oxygen atoms in total. The largest absolute Gasteiger partial charge is 0.444 e. The number of carbonyl (C=O) groups excluding carboxylic acids is 3. The summed E-state index contributed by atoms with van der Waals surface area (Å²) in [5.41, 5.74) is 5.75. The summed E-state index contributed by atoms with van der Waals surface area (Å²) in [6.45, 7) is 12.7. The maximum Gasteiger partial charge on any atom is 0.410 e. The topological polar surface area (TPSA) is 137 Å². The highest BCUT2D eigenvalue weighted by Gasteiger charge is 2.39. The lowest BCUT2D eigenvalue weighted by Gasteiger charge is -2.31. The lowest BCUT2D eigenvalue weighted by molar-refractivity contribution is -0.137. The van der Waals surface area contributed by atoms with E-state index in [1.165, 1.54) is 4.90 Å². The Morgan fingerprint density at radius 3 is 2.52 bits per heavy atom. The molecule has 0 radical (unpaired) electrons. The van der Waals surface area contributed by atoms with Crippen molar-refractivity contribution < 1.29 is 23.5 Å². The smallest absolute Gasteiger partial charge is 0.410 e. The third-order valence-corrected chi connectivity index (χ3v) is 10.00. The molecule has 54 heavy (non-hydrogen) atoms. The summed E-state index contributed by atoms with van der Waals surface area (Å²) in [6.07, 6.45) is 3.17. The van der Waals surface area contributed by atoms with Gasteiger partial charge in [0.05, 0.1) is 17.2 Å². The number of hydrogen-bond donors (Lipinski definition) is 2. The van der Waals surface area contributed by atoms with Gasteiger partial charge in [0.2, 0.25) is 17.7 Å². The molecule has 3 amide bonds. The molecule has 3 aromatic carbocycles. The van der Waals surface area contributed by atoms with Gasteiger partial charge in [0.15, 0.2) is 5.76 Å². The molecular weight excluding hydrogens is 683 g/mol. The summed E-state index contributed by atoms with van der Waals surface area (Å²) in [4.78, 5) is 58.6. The van der Waals surface area contributed by atoms with E-state index in [0.717, 1.165) is 39.7 Å². The van der Waals surface area contributed by atoms with Crippen molar-refractivity contribution in [2.24, 2.45) is 0 Å². The minimum Gasteiger partial charge on any atom is -0.444 e. The lowest BCUT2D eigenvalue weighted by Crippen LogP contribution is -2.45. The number of oxazole rings is 1. The van der Waals surface area contributed by atoms with Crippen LogP contribution in [0.3, 0.4) is 0 Å². The van der Waals surface area contributed by atoms with Crippen LogP contribution in [-0.2, 0) is 14.3 Å². The van der Waals surface area contributed by atoms with Crippen molar-refractivity contribution in [1.29, 1.82) is 0 Å². The molecule has 12 heteroatoms. The van der Waals surface area contributed by atoms with E-state index in [1.807, 2.05) is 118 Å². The van der Waals surface area contributed by atoms with Gasteiger partial charge in [-0.15, -0.1) is 0 Å². The number of aromatic nitrogens is 3. The highest BCUT2D eigenvalue weighted by atomic mass is 16.6. The van der Waals surface area contributed by atoms with Crippen molar-refractivity contribution >= 4 is 34.6 Å². The maximum atomic E-state index is 14.1. The highest BCUT2D eigenvalue weighted by Crippen LogP contribution is 2.39. The molecule has 2 aliphatic heterocycles. The van der Waals surface area contributed by atoms with Crippen LogP contribution in [0.1, 0.15) is 69.1 Å². The molecular formula is C42H47N7O5. The van der Waals surface area contributed by atoms with E-state index in [1.54, 1.807) is 6.20 Å². The first-order valence-corrected chi connectivity index (χ1v) is 18.3. The van der Waals surface area contributed by atoms with Crippen LogP contribution < -0.4 is 5.32 Å². The molecule has 3 atom stereocenters. The Hall–Kier alpha value is -5.75. The van der Waals surface area contributed by atoms with E-state index in [9.17, 15) is 14.4 Å². The predicted octanol–water partition coefficient (Wildman–Crippen LogP) is 7.66. The molecule has 3 unspecified atom stereocenters. The van der Waals surface area contributed by atoms with Crippen LogP contribution in [0.25, 0.3) is 33.8 Å². The van der Waals surface area contributed by atoms with Gasteiger partial charge in [-0.1, -0.05) is 43.0 Å². The van der Waals surface area contributed by atoms with E-state index < -0.39 is 23.8 Å². The Kier molecular flexibility index (Phi) is 9.88. The zero-order chi connectivity index (χ0) is 38.3. The van der Waals surface area contributed by atoms with Crippen molar-refractivity contribution in [3.05, 3.63) is 102 Å². The summed E-state index contributed by atoms with van der Waals surface area (Å²) in [5, 5.41) is 3.02. The molecule has 0 aliphatic carbocycles.